The fourth-order valence-corrected chi connectivity index (χ4v) is 3.09. The number of rotatable bonds is 15. The number of Topliss-reactive ketones (excluding diaryl/α,β-unsaturated/α-hetero) is 1. The lowest BCUT2D eigenvalue weighted by atomic mass is 10.1. The van der Waals surface area contributed by atoms with Crippen LogP contribution in [0.1, 0.15) is 97.8 Å². The van der Waals surface area contributed by atoms with Crippen molar-refractivity contribution < 1.29 is 4.79 Å². The average Bonchev–Trinajstić information content (AvgIpc) is 2.46. The minimum absolute atomic E-state index is 0.454. The van der Waals surface area contributed by atoms with E-state index in [1.807, 2.05) is 11.8 Å². The van der Waals surface area contributed by atoms with Crippen LogP contribution in [0, 0.1) is 0 Å². The van der Waals surface area contributed by atoms with E-state index in [0.29, 0.717) is 11.0 Å². The van der Waals surface area contributed by atoms with Gasteiger partial charge in [-0.3, -0.25) is 4.79 Å². The Labute approximate surface area is 131 Å². The third kappa shape index (κ3) is 14.4. The van der Waals surface area contributed by atoms with Crippen LogP contribution in [0.4, 0.5) is 0 Å². The van der Waals surface area contributed by atoms with Crippen molar-refractivity contribution in [2.24, 2.45) is 0 Å². The van der Waals surface area contributed by atoms with Gasteiger partial charge in [0.2, 0.25) is 0 Å². The van der Waals surface area contributed by atoms with Gasteiger partial charge in [0, 0.05) is 11.7 Å². The quantitative estimate of drug-likeness (QED) is 0.326. The number of unbranched alkanes of at least 4 members (excludes halogenated alkanes) is 9. The molecule has 0 fully saturated rings. The molecule has 0 rings (SSSR count). The van der Waals surface area contributed by atoms with Gasteiger partial charge >= 0.3 is 0 Å². The fraction of sp³-hybridized carbons (Fsp3) is 0.944. The normalized spacial score (nSPS) is 12.6. The van der Waals surface area contributed by atoms with Gasteiger partial charge in [0.05, 0.1) is 5.75 Å². The lowest BCUT2D eigenvalue weighted by Gasteiger charge is -2.07. The molecule has 0 saturated heterocycles. The van der Waals surface area contributed by atoms with Crippen LogP contribution < -0.4 is 0 Å². The smallest absolute Gasteiger partial charge is 0.142 e. The van der Waals surface area contributed by atoms with Gasteiger partial charge in [-0.15, -0.1) is 0 Å². The van der Waals surface area contributed by atoms with Gasteiger partial charge in [0.15, 0.2) is 0 Å². The molecule has 1 unspecified atom stereocenters. The van der Waals surface area contributed by atoms with Crippen LogP contribution in [0.3, 0.4) is 0 Å². The molecule has 0 aliphatic heterocycles. The number of hydrogen-bond donors (Lipinski definition) is 0. The third-order valence-corrected chi connectivity index (χ3v) is 5.30. The second-order valence-electron chi connectivity index (χ2n) is 6.00. The zero-order valence-corrected chi connectivity index (χ0v) is 14.9. The number of thioether (sulfide) groups is 1. The van der Waals surface area contributed by atoms with Gasteiger partial charge in [-0.1, -0.05) is 78.6 Å². The van der Waals surface area contributed by atoms with Crippen molar-refractivity contribution in [2.45, 2.75) is 103 Å². The average molecular weight is 301 g/mol. The maximum Gasteiger partial charge on any atom is 0.142 e. The standard InChI is InChI=1S/C18H36OS/c1-4-6-7-8-9-10-11-12-13-14-15-18(19)16-20-17(3)5-2/h17H,4-16H2,1-3H3. The lowest BCUT2D eigenvalue weighted by Crippen LogP contribution is -2.05. The van der Waals surface area contributed by atoms with Crippen molar-refractivity contribution >= 4 is 17.5 Å². The summed E-state index contributed by atoms with van der Waals surface area (Å²) in [7, 11) is 0. The van der Waals surface area contributed by atoms with Crippen molar-refractivity contribution in [1.29, 1.82) is 0 Å². The molecule has 0 amide bonds. The highest BCUT2D eigenvalue weighted by Crippen LogP contribution is 2.15. The largest absolute Gasteiger partial charge is 0.299 e. The van der Waals surface area contributed by atoms with Crippen LogP contribution >= 0.6 is 11.8 Å². The maximum atomic E-state index is 11.7. The first kappa shape index (κ1) is 20.0. The van der Waals surface area contributed by atoms with E-state index >= 15 is 0 Å². The Morgan fingerprint density at radius 1 is 0.850 bits per heavy atom. The van der Waals surface area contributed by atoms with Gasteiger partial charge in [-0.2, -0.15) is 11.8 Å². The lowest BCUT2D eigenvalue weighted by molar-refractivity contribution is -0.116. The summed E-state index contributed by atoms with van der Waals surface area (Å²) < 4.78 is 0. The Kier molecular flexibility index (Phi) is 15.4. The van der Waals surface area contributed by atoms with Crippen LogP contribution in [0.5, 0.6) is 0 Å². The number of carbonyl (C=O) groups is 1. The first-order chi connectivity index (χ1) is 9.70. The molecular weight excluding hydrogens is 264 g/mol. The molecule has 0 aliphatic rings. The molecule has 1 nitrogen and oxygen atoms in total. The van der Waals surface area contributed by atoms with Crippen LogP contribution in [0.2, 0.25) is 0 Å². The topological polar surface area (TPSA) is 17.1 Å². The first-order valence-electron chi connectivity index (χ1n) is 8.84. The SMILES string of the molecule is CCCCCCCCCCCCC(=O)CSC(C)CC. The molecule has 0 aliphatic carbocycles. The summed E-state index contributed by atoms with van der Waals surface area (Å²) in [5.41, 5.74) is 0. The van der Waals surface area contributed by atoms with Crippen molar-refractivity contribution in [2.75, 3.05) is 5.75 Å². The molecule has 1 atom stereocenters. The van der Waals surface area contributed by atoms with Crippen molar-refractivity contribution in [1.82, 2.24) is 0 Å². The minimum atomic E-state index is 0.454. The maximum absolute atomic E-state index is 11.7. The van der Waals surface area contributed by atoms with Crippen molar-refractivity contribution in [3.63, 3.8) is 0 Å². The molecule has 0 aromatic rings. The highest BCUT2D eigenvalue weighted by atomic mass is 32.2. The summed E-state index contributed by atoms with van der Waals surface area (Å²) in [5.74, 6) is 1.18. The summed E-state index contributed by atoms with van der Waals surface area (Å²) in [6.45, 7) is 6.66. The van der Waals surface area contributed by atoms with E-state index in [9.17, 15) is 4.79 Å². The Bertz CT molecular complexity index is 215. The van der Waals surface area contributed by atoms with Crippen molar-refractivity contribution in [3.8, 4) is 0 Å². The molecule has 0 saturated carbocycles. The number of hydrogen-bond acceptors (Lipinski definition) is 2. The molecular formula is C18H36OS. The Balaban J connectivity index is 3.17. The second-order valence-corrected chi connectivity index (χ2v) is 7.43. The Hall–Kier alpha value is 0.0200. The fourth-order valence-electron chi connectivity index (χ4n) is 2.23. The van der Waals surface area contributed by atoms with Crippen molar-refractivity contribution in [3.05, 3.63) is 0 Å². The molecule has 0 heterocycles. The Morgan fingerprint density at radius 2 is 1.35 bits per heavy atom. The van der Waals surface area contributed by atoms with E-state index in [-0.39, 0.29) is 0 Å². The summed E-state index contributed by atoms with van der Waals surface area (Å²) in [5, 5.41) is 0.631. The molecule has 0 spiro atoms. The van der Waals surface area contributed by atoms with E-state index < -0.39 is 0 Å². The highest BCUT2D eigenvalue weighted by Gasteiger charge is 2.05. The van der Waals surface area contributed by atoms with Gasteiger partial charge in [-0.25, -0.2) is 0 Å². The van der Waals surface area contributed by atoms with Gasteiger partial charge in [-0.05, 0) is 12.8 Å². The van der Waals surface area contributed by atoms with Crippen LogP contribution in [-0.2, 0) is 4.79 Å². The third-order valence-electron chi connectivity index (χ3n) is 3.91. The summed E-state index contributed by atoms with van der Waals surface area (Å²) >= 11 is 1.82. The molecule has 20 heavy (non-hydrogen) atoms. The predicted molar refractivity (Wildman–Crippen MR) is 93.7 cm³/mol. The number of ketones is 1. The molecule has 0 aromatic heterocycles. The first-order valence-corrected chi connectivity index (χ1v) is 9.88. The van der Waals surface area contributed by atoms with Crippen LogP contribution in [-0.4, -0.2) is 16.8 Å². The second kappa shape index (κ2) is 15.4. The van der Waals surface area contributed by atoms with Crippen LogP contribution in [0.25, 0.3) is 0 Å². The molecule has 0 aromatic carbocycles. The molecule has 120 valence electrons. The number of carbonyl (C=O) groups excluding carboxylic acids is 1. The molecule has 0 N–H and O–H groups in total. The molecule has 2 heteroatoms. The van der Waals surface area contributed by atoms with E-state index in [1.54, 1.807) is 0 Å². The monoisotopic (exact) mass is 300 g/mol. The van der Waals surface area contributed by atoms with Gasteiger partial charge in [0.1, 0.15) is 5.78 Å². The summed E-state index contributed by atoms with van der Waals surface area (Å²) in [4.78, 5) is 11.7. The van der Waals surface area contributed by atoms with E-state index in [1.165, 1.54) is 57.8 Å². The Morgan fingerprint density at radius 3 is 1.85 bits per heavy atom. The summed E-state index contributed by atoms with van der Waals surface area (Å²) in [6, 6.07) is 0. The van der Waals surface area contributed by atoms with E-state index in [0.717, 1.165) is 25.0 Å². The van der Waals surface area contributed by atoms with Crippen LogP contribution in [0.15, 0.2) is 0 Å². The zero-order valence-electron chi connectivity index (χ0n) is 14.1. The van der Waals surface area contributed by atoms with Gasteiger partial charge < -0.3 is 0 Å². The van der Waals surface area contributed by atoms with Gasteiger partial charge in [0.25, 0.3) is 0 Å². The molecule has 0 radical (unpaired) electrons. The molecule has 0 bridgehead atoms. The minimum Gasteiger partial charge on any atom is -0.299 e. The summed E-state index contributed by atoms with van der Waals surface area (Å²) in [6.07, 6.45) is 15.4. The highest BCUT2D eigenvalue weighted by molar-refractivity contribution is 8.00. The zero-order chi connectivity index (χ0) is 15.1. The van der Waals surface area contributed by atoms with E-state index in [4.69, 9.17) is 0 Å². The van der Waals surface area contributed by atoms with E-state index in [2.05, 4.69) is 20.8 Å². The predicted octanol–water partition coefficient (Wildman–Crippen LogP) is 6.40.